The van der Waals surface area contributed by atoms with Gasteiger partial charge in [-0.05, 0) is 50.1 Å². The lowest BCUT2D eigenvalue weighted by molar-refractivity contribution is -0.121. The molecule has 4 rings (SSSR count). The summed E-state index contributed by atoms with van der Waals surface area (Å²) in [4.78, 5) is 41.6. The Morgan fingerprint density at radius 1 is 1.03 bits per heavy atom. The highest BCUT2D eigenvalue weighted by molar-refractivity contribution is 6.02. The molecule has 0 radical (unpaired) electrons. The predicted molar refractivity (Wildman–Crippen MR) is 127 cm³/mol. The van der Waals surface area contributed by atoms with E-state index < -0.39 is 6.03 Å². The minimum Gasteiger partial charge on any atom is -0.454 e. The van der Waals surface area contributed by atoms with Crippen molar-refractivity contribution in [3.8, 4) is 11.5 Å². The molecule has 34 heavy (non-hydrogen) atoms. The molecule has 2 aliphatic rings. The molecule has 0 atom stereocenters. The predicted octanol–water partition coefficient (Wildman–Crippen LogP) is 3.08. The van der Waals surface area contributed by atoms with Gasteiger partial charge in [0, 0.05) is 36.4 Å². The van der Waals surface area contributed by atoms with Crippen LogP contribution in [0.15, 0.2) is 48.5 Å². The van der Waals surface area contributed by atoms with Gasteiger partial charge in [0.2, 0.25) is 12.7 Å². The highest BCUT2D eigenvalue weighted by Crippen LogP contribution is 2.34. The zero-order valence-corrected chi connectivity index (χ0v) is 19.3. The van der Waals surface area contributed by atoms with Crippen molar-refractivity contribution in [2.75, 3.05) is 38.3 Å². The molecule has 180 valence electrons. The zero-order chi connectivity index (χ0) is 23.9. The zero-order valence-electron chi connectivity index (χ0n) is 19.3. The number of rotatable bonds is 7. The average molecular weight is 467 g/mol. The van der Waals surface area contributed by atoms with E-state index in [0.717, 1.165) is 25.8 Å². The van der Waals surface area contributed by atoms with Gasteiger partial charge in [0.05, 0.1) is 6.54 Å². The molecule has 2 N–H and O–H groups in total. The maximum atomic E-state index is 12.7. The van der Waals surface area contributed by atoms with Crippen LogP contribution in [0, 0.1) is 0 Å². The number of piperidine rings is 1. The minimum absolute atomic E-state index is 0.0408. The SMILES string of the molecule is CCCN(CC(=O)NC(=O)Nc1ccc2c(c1)OCO2)C1CCN(C(=O)c2ccccc2)CC1. The smallest absolute Gasteiger partial charge is 0.325 e. The topological polar surface area (TPSA) is 100 Å². The lowest BCUT2D eigenvalue weighted by atomic mass is 10.0. The number of ether oxygens (including phenoxy) is 2. The third-order valence-corrected chi connectivity index (χ3v) is 6.03. The summed E-state index contributed by atoms with van der Waals surface area (Å²) in [5.41, 5.74) is 1.20. The lowest BCUT2D eigenvalue weighted by Gasteiger charge is -2.38. The molecule has 4 amide bonds. The Morgan fingerprint density at radius 2 is 1.76 bits per heavy atom. The van der Waals surface area contributed by atoms with Crippen molar-refractivity contribution in [3.05, 3.63) is 54.1 Å². The van der Waals surface area contributed by atoms with Gasteiger partial charge in [-0.15, -0.1) is 0 Å². The van der Waals surface area contributed by atoms with Crippen LogP contribution in [0.25, 0.3) is 0 Å². The number of hydrogen-bond acceptors (Lipinski definition) is 6. The van der Waals surface area contributed by atoms with Gasteiger partial charge in [-0.3, -0.25) is 19.8 Å². The van der Waals surface area contributed by atoms with Crippen LogP contribution < -0.4 is 20.1 Å². The van der Waals surface area contributed by atoms with Crippen molar-refractivity contribution in [2.24, 2.45) is 0 Å². The molecule has 0 unspecified atom stereocenters. The van der Waals surface area contributed by atoms with Gasteiger partial charge in [0.15, 0.2) is 11.5 Å². The van der Waals surface area contributed by atoms with Gasteiger partial charge >= 0.3 is 6.03 Å². The normalized spacial score (nSPS) is 15.3. The summed E-state index contributed by atoms with van der Waals surface area (Å²) >= 11 is 0. The Hall–Kier alpha value is -3.59. The lowest BCUT2D eigenvalue weighted by Crippen LogP contribution is -2.50. The summed E-state index contributed by atoms with van der Waals surface area (Å²) in [6, 6.07) is 13.9. The maximum absolute atomic E-state index is 12.7. The summed E-state index contributed by atoms with van der Waals surface area (Å²) in [6.45, 7) is 4.37. The van der Waals surface area contributed by atoms with Crippen LogP contribution in [-0.4, -0.2) is 66.7 Å². The van der Waals surface area contributed by atoms with Crippen molar-refractivity contribution >= 4 is 23.5 Å². The first-order valence-electron chi connectivity index (χ1n) is 11.6. The first-order chi connectivity index (χ1) is 16.5. The van der Waals surface area contributed by atoms with E-state index in [1.807, 2.05) is 35.2 Å². The second kappa shape index (κ2) is 11.0. The van der Waals surface area contributed by atoms with Gasteiger partial charge in [-0.25, -0.2) is 4.79 Å². The van der Waals surface area contributed by atoms with Crippen molar-refractivity contribution in [1.29, 1.82) is 0 Å². The minimum atomic E-state index is -0.594. The van der Waals surface area contributed by atoms with Crippen LogP contribution >= 0.6 is 0 Å². The summed E-state index contributed by atoms with van der Waals surface area (Å²) in [5, 5.41) is 5.06. The molecule has 9 nitrogen and oxygen atoms in total. The van der Waals surface area contributed by atoms with E-state index in [1.54, 1.807) is 18.2 Å². The fourth-order valence-corrected chi connectivity index (χ4v) is 4.36. The molecule has 9 heteroatoms. The van der Waals surface area contributed by atoms with E-state index in [0.29, 0.717) is 35.8 Å². The van der Waals surface area contributed by atoms with Crippen LogP contribution in [0.4, 0.5) is 10.5 Å². The number of benzene rings is 2. The van der Waals surface area contributed by atoms with Crippen molar-refractivity contribution in [2.45, 2.75) is 32.2 Å². The van der Waals surface area contributed by atoms with E-state index in [2.05, 4.69) is 22.5 Å². The molecular formula is C25H30N4O5. The van der Waals surface area contributed by atoms with E-state index in [1.165, 1.54) is 0 Å². The van der Waals surface area contributed by atoms with E-state index in [9.17, 15) is 14.4 Å². The number of nitrogens with zero attached hydrogens (tertiary/aromatic N) is 2. The quantitative estimate of drug-likeness (QED) is 0.651. The summed E-state index contributed by atoms with van der Waals surface area (Å²) in [6.07, 6.45) is 2.46. The molecule has 0 spiro atoms. The Bertz CT molecular complexity index is 1020. The third-order valence-electron chi connectivity index (χ3n) is 6.03. The van der Waals surface area contributed by atoms with E-state index in [-0.39, 0.29) is 31.2 Å². The second-order valence-corrected chi connectivity index (χ2v) is 8.43. The number of nitrogens with one attached hydrogen (secondary N) is 2. The van der Waals surface area contributed by atoms with E-state index in [4.69, 9.17) is 9.47 Å². The van der Waals surface area contributed by atoms with Gasteiger partial charge in [0.25, 0.3) is 5.91 Å². The summed E-state index contributed by atoms with van der Waals surface area (Å²) in [5.74, 6) is 0.845. The molecule has 2 aromatic carbocycles. The molecular weight excluding hydrogens is 436 g/mol. The molecule has 0 aromatic heterocycles. The Morgan fingerprint density at radius 3 is 2.50 bits per heavy atom. The van der Waals surface area contributed by atoms with Gasteiger partial charge in [-0.2, -0.15) is 0 Å². The number of urea groups is 1. The number of hydrogen-bond donors (Lipinski definition) is 2. The van der Waals surface area contributed by atoms with Gasteiger partial charge < -0.3 is 19.7 Å². The van der Waals surface area contributed by atoms with Crippen LogP contribution in [-0.2, 0) is 4.79 Å². The molecule has 2 heterocycles. The molecule has 2 aliphatic heterocycles. The number of carbonyl (C=O) groups excluding carboxylic acids is 3. The van der Waals surface area contributed by atoms with Crippen molar-refractivity contribution < 1.29 is 23.9 Å². The molecule has 0 aliphatic carbocycles. The van der Waals surface area contributed by atoms with Crippen molar-refractivity contribution in [3.63, 3.8) is 0 Å². The Kier molecular flexibility index (Phi) is 7.64. The highest BCUT2D eigenvalue weighted by Gasteiger charge is 2.28. The molecule has 0 saturated carbocycles. The third kappa shape index (κ3) is 5.85. The molecule has 0 bridgehead atoms. The number of carbonyl (C=O) groups is 3. The number of anilines is 1. The summed E-state index contributed by atoms with van der Waals surface area (Å²) in [7, 11) is 0. The van der Waals surface area contributed by atoms with Crippen LogP contribution in [0.1, 0.15) is 36.5 Å². The van der Waals surface area contributed by atoms with E-state index >= 15 is 0 Å². The standard InChI is InChI=1S/C25H30N4O5/c1-2-12-29(20-10-13-28(14-11-20)24(31)18-6-4-3-5-7-18)16-23(30)27-25(32)26-19-8-9-21-22(15-19)34-17-33-21/h3-9,15,20H,2,10-14,16-17H2,1H3,(H2,26,27,30,32). The number of amides is 4. The molecule has 1 fully saturated rings. The Balaban J connectivity index is 1.26. The first kappa shape index (κ1) is 23.6. The fourth-order valence-electron chi connectivity index (χ4n) is 4.36. The van der Waals surface area contributed by atoms with Crippen LogP contribution in [0.5, 0.6) is 11.5 Å². The Labute approximate surface area is 199 Å². The number of likely N-dealkylation sites (tertiary alicyclic amines) is 1. The largest absolute Gasteiger partial charge is 0.454 e. The highest BCUT2D eigenvalue weighted by atomic mass is 16.7. The fraction of sp³-hybridized carbons (Fsp3) is 0.400. The van der Waals surface area contributed by atoms with Gasteiger partial charge in [-0.1, -0.05) is 25.1 Å². The van der Waals surface area contributed by atoms with Crippen LogP contribution in [0.3, 0.4) is 0 Å². The number of fused-ring (bicyclic) bond motifs is 1. The molecule has 2 aromatic rings. The first-order valence-corrected chi connectivity index (χ1v) is 11.6. The number of imide groups is 1. The second-order valence-electron chi connectivity index (χ2n) is 8.43. The summed E-state index contributed by atoms with van der Waals surface area (Å²) < 4.78 is 10.6. The molecule has 1 saturated heterocycles. The monoisotopic (exact) mass is 466 g/mol. The van der Waals surface area contributed by atoms with Crippen LogP contribution in [0.2, 0.25) is 0 Å². The van der Waals surface area contributed by atoms with Crippen molar-refractivity contribution in [1.82, 2.24) is 15.1 Å². The average Bonchev–Trinajstić information content (AvgIpc) is 3.32. The van der Waals surface area contributed by atoms with Gasteiger partial charge in [0.1, 0.15) is 0 Å². The maximum Gasteiger partial charge on any atom is 0.325 e.